The first-order chi connectivity index (χ1) is 30.5. The molecule has 338 valence electrons. The van der Waals surface area contributed by atoms with Crippen LogP contribution in [0.2, 0.25) is 0 Å². The highest BCUT2D eigenvalue weighted by Crippen LogP contribution is 2.50. The fourth-order valence-electron chi connectivity index (χ4n) is 5.37. The first kappa shape index (κ1) is 46.4. The van der Waals surface area contributed by atoms with Gasteiger partial charge in [0, 0.05) is 17.1 Å². The molecular formula is C39H21F12N6O7P. The Labute approximate surface area is 354 Å². The van der Waals surface area contributed by atoms with E-state index in [1.165, 1.54) is 0 Å². The summed E-state index contributed by atoms with van der Waals surface area (Å²) < 4.78 is 200. The molecule has 0 radical (unpaired) electrons. The number of carbonyl (C=O) groups excluding carboxylic acids is 3. The fraction of sp³-hybridized carbons (Fsp3) is 0. The van der Waals surface area contributed by atoms with Gasteiger partial charge in [-0.2, -0.15) is 4.57 Å². The number of carbonyl (C=O) groups is 3. The Morgan fingerprint density at radius 1 is 0.354 bits per heavy atom. The minimum atomic E-state index is -5.09. The van der Waals surface area contributed by atoms with Crippen LogP contribution in [-0.4, -0.2) is 17.7 Å². The second kappa shape index (κ2) is 18.0. The first-order valence-electron chi connectivity index (χ1n) is 17.3. The quantitative estimate of drug-likeness (QED) is 0.0296. The van der Waals surface area contributed by atoms with Gasteiger partial charge in [0.1, 0.15) is 51.0 Å². The van der Waals surface area contributed by atoms with Gasteiger partial charge < -0.3 is 46.7 Å². The third-order valence-corrected chi connectivity index (χ3v) is 9.86. The minimum absolute atomic E-state index is 0.292. The molecule has 0 spiro atoms. The predicted octanol–water partition coefficient (Wildman–Crippen LogP) is 9.50. The van der Waals surface area contributed by atoms with Gasteiger partial charge in [-0.25, -0.2) is 52.7 Å². The lowest BCUT2D eigenvalue weighted by Gasteiger charge is -2.20. The number of rotatable bonds is 12. The number of hydrogen-bond acceptors (Lipinski definition) is 10. The number of phosphoric acid groups is 1. The number of benzene rings is 6. The van der Waals surface area contributed by atoms with Gasteiger partial charge >= 0.3 is 7.82 Å². The van der Waals surface area contributed by atoms with Crippen LogP contribution in [-0.2, 0) is 4.57 Å². The number of anilines is 6. The van der Waals surface area contributed by atoms with Crippen LogP contribution < -0.4 is 46.7 Å². The summed E-state index contributed by atoms with van der Waals surface area (Å²) in [6.45, 7) is 0. The molecule has 3 amide bonds. The standard InChI is InChI=1S/C39H21F12N6O7P/c40-22-19(23(41)29(47)34(52)28(22)46)37(58)55-13-1-7-16(8-2-13)62-65(61,63-17-9-3-14(4-10-17)56-38(59)20-24(42)30(48)35(53)31(49)25(20)43)64-18-11-5-15(6-12-18)57-39(60)21-26(44)32(50)36(54)33(51)27(21)45/h1-12H,52-54H2,(H,55,58)(H,56,59)(H,57,60). The van der Waals surface area contributed by atoms with Crippen LogP contribution in [0, 0.1) is 69.8 Å². The Balaban J connectivity index is 1.24. The van der Waals surface area contributed by atoms with E-state index in [-0.39, 0.29) is 17.1 Å². The number of hydrogen-bond donors (Lipinski definition) is 6. The monoisotopic (exact) mass is 944 g/mol. The van der Waals surface area contributed by atoms with Gasteiger partial charge in [0.2, 0.25) is 0 Å². The van der Waals surface area contributed by atoms with Crippen molar-refractivity contribution in [1.29, 1.82) is 0 Å². The van der Waals surface area contributed by atoms with E-state index >= 15 is 0 Å². The number of phosphoric ester groups is 1. The predicted molar refractivity (Wildman–Crippen MR) is 205 cm³/mol. The van der Waals surface area contributed by atoms with Gasteiger partial charge in [-0.15, -0.1) is 0 Å². The molecule has 6 aromatic rings. The molecule has 0 unspecified atom stereocenters. The van der Waals surface area contributed by atoms with Crippen LogP contribution in [0.3, 0.4) is 0 Å². The van der Waals surface area contributed by atoms with Crippen LogP contribution in [0.25, 0.3) is 0 Å². The van der Waals surface area contributed by atoms with Crippen molar-refractivity contribution in [2.24, 2.45) is 0 Å². The van der Waals surface area contributed by atoms with E-state index in [4.69, 9.17) is 30.8 Å². The van der Waals surface area contributed by atoms with Gasteiger partial charge in [0.25, 0.3) is 17.7 Å². The highest BCUT2D eigenvalue weighted by molar-refractivity contribution is 7.49. The summed E-state index contributed by atoms with van der Waals surface area (Å²) in [6.07, 6.45) is 0. The maximum absolute atomic E-state index is 14.3. The van der Waals surface area contributed by atoms with Gasteiger partial charge in [-0.1, -0.05) is 0 Å². The molecular weight excluding hydrogens is 923 g/mol. The summed E-state index contributed by atoms with van der Waals surface area (Å²) >= 11 is 0. The second-order valence-corrected chi connectivity index (χ2v) is 14.2. The average molecular weight is 945 g/mol. The largest absolute Gasteiger partial charge is 0.647 e. The fourth-order valence-corrected chi connectivity index (χ4v) is 6.62. The summed E-state index contributed by atoms with van der Waals surface area (Å²) in [7, 11) is -5.09. The Morgan fingerprint density at radius 2 is 0.538 bits per heavy atom. The zero-order chi connectivity index (χ0) is 47.8. The molecule has 0 heterocycles. The molecule has 0 bridgehead atoms. The summed E-state index contributed by atoms with van der Waals surface area (Å²) in [4.78, 5) is 37.7. The normalized spacial score (nSPS) is 11.2. The number of amides is 3. The van der Waals surface area contributed by atoms with Crippen LogP contribution in [0.4, 0.5) is 86.8 Å². The zero-order valence-electron chi connectivity index (χ0n) is 31.5. The summed E-state index contributed by atoms with van der Waals surface area (Å²) in [5, 5.41) is 5.88. The van der Waals surface area contributed by atoms with Gasteiger partial charge in [-0.05, 0) is 72.8 Å². The Morgan fingerprint density at radius 3 is 0.723 bits per heavy atom. The van der Waals surface area contributed by atoms with Crippen molar-refractivity contribution in [3.8, 4) is 17.2 Å². The number of nitrogen functional groups attached to an aromatic ring is 3. The van der Waals surface area contributed by atoms with Crippen LogP contribution >= 0.6 is 7.82 Å². The molecule has 0 fully saturated rings. The molecule has 9 N–H and O–H groups in total. The van der Waals surface area contributed by atoms with Crippen molar-refractivity contribution in [2.45, 2.75) is 0 Å². The van der Waals surface area contributed by atoms with Crippen molar-refractivity contribution in [3.63, 3.8) is 0 Å². The van der Waals surface area contributed by atoms with Gasteiger partial charge in [-0.3, -0.25) is 14.4 Å². The molecule has 26 heteroatoms. The third-order valence-electron chi connectivity index (χ3n) is 8.56. The van der Waals surface area contributed by atoms with Crippen molar-refractivity contribution in [1.82, 2.24) is 0 Å². The molecule has 13 nitrogen and oxygen atoms in total. The van der Waals surface area contributed by atoms with Crippen molar-refractivity contribution in [2.75, 3.05) is 33.2 Å². The molecule has 6 rings (SSSR count). The van der Waals surface area contributed by atoms with E-state index < -0.39 is 146 Å². The van der Waals surface area contributed by atoms with Crippen molar-refractivity contribution < 1.29 is 85.2 Å². The Bertz CT molecular complexity index is 2580. The molecule has 0 atom stereocenters. The summed E-state index contributed by atoms with van der Waals surface area (Å²) in [5.74, 6) is -31.1. The molecule has 0 aliphatic heterocycles. The number of halogens is 12. The highest BCUT2D eigenvalue weighted by atomic mass is 31.2. The van der Waals surface area contributed by atoms with E-state index in [1.54, 1.807) is 0 Å². The minimum Gasteiger partial charge on any atom is -0.394 e. The van der Waals surface area contributed by atoms with Crippen LogP contribution in [0.1, 0.15) is 31.1 Å². The third kappa shape index (κ3) is 9.20. The van der Waals surface area contributed by atoms with E-state index in [9.17, 15) is 71.6 Å². The maximum atomic E-state index is 14.3. The van der Waals surface area contributed by atoms with Gasteiger partial charge in [0.15, 0.2) is 69.8 Å². The molecule has 0 saturated carbocycles. The van der Waals surface area contributed by atoms with E-state index in [0.29, 0.717) is 0 Å². The molecule has 0 aliphatic carbocycles. The lowest BCUT2D eigenvalue weighted by atomic mass is 10.1. The van der Waals surface area contributed by atoms with Crippen LogP contribution in [0.5, 0.6) is 17.2 Å². The lowest BCUT2D eigenvalue weighted by Crippen LogP contribution is -2.19. The van der Waals surface area contributed by atoms with Crippen molar-refractivity contribution in [3.05, 3.63) is 159 Å². The SMILES string of the molecule is Nc1c(F)c(F)c(C(=O)Nc2ccc(OP(=O)(Oc3ccc(NC(=O)c4c(F)c(F)c(N)c(F)c4F)cc3)Oc3ccc(NC(=O)c4c(F)c(F)c(N)c(F)c4F)cc3)cc2)c(F)c1F. The van der Waals surface area contributed by atoms with E-state index in [0.717, 1.165) is 72.8 Å². The average Bonchev–Trinajstić information content (AvgIpc) is 3.27. The molecule has 65 heavy (non-hydrogen) atoms. The van der Waals surface area contributed by atoms with Gasteiger partial charge in [0.05, 0.1) is 0 Å². The van der Waals surface area contributed by atoms with Crippen molar-refractivity contribution >= 4 is 59.7 Å². The highest BCUT2D eigenvalue weighted by Gasteiger charge is 2.35. The summed E-state index contributed by atoms with van der Waals surface area (Å²) in [5.41, 5.74) is 4.42. The molecule has 0 saturated heterocycles. The lowest BCUT2D eigenvalue weighted by molar-refractivity contribution is 0.100. The smallest absolute Gasteiger partial charge is 0.394 e. The zero-order valence-corrected chi connectivity index (χ0v) is 32.4. The number of nitrogens with one attached hydrogen (secondary N) is 3. The maximum Gasteiger partial charge on any atom is 0.647 e. The van der Waals surface area contributed by atoms with Crippen LogP contribution in [0.15, 0.2) is 72.8 Å². The molecule has 0 aliphatic rings. The number of nitrogens with two attached hydrogens (primary N) is 3. The summed E-state index contributed by atoms with van der Waals surface area (Å²) in [6, 6.07) is 11.6. The topological polar surface area (TPSA) is 210 Å². The Hall–Kier alpha value is -8.08. The van der Waals surface area contributed by atoms with E-state index in [2.05, 4.69) is 0 Å². The van der Waals surface area contributed by atoms with E-state index in [1.807, 2.05) is 16.0 Å². The Kier molecular flexibility index (Phi) is 12.8. The molecule has 6 aromatic carbocycles. The second-order valence-electron chi connectivity index (χ2n) is 12.8. The first-order valence-corrected chi connectivity index (χ1v) is 18.8. The molecule has 0 aromatic heterocycles.